The number of nitriles is 1. The van der Waals surface area contributed by atoms with Crippen molar-refractivity contribution in [3.63, 3.8) is 0 Å². The van der Waals surface area contributed by atoms with E-state index in [0.717, 1.165) is 27.3 Å². The van der Waals surface area contributed by atoms with Crippen LogP contribution in [-0.4, -0.2) is 25.6 Å². The average molecular weight is 359 g/mol. The van der Waals surface area contributed by atoms with E-state index in [2.05, 4.69) is 44.1 Å². The van der Waals surface area contributed by atoms with E-state index in [-0.39, 0.29) is 5.82 Å². The van der Waals surface area contributed by atoms with Gasteiger partial charge in [-0.2, -0.15) is 10.5 Å². The third kappa shape index (κ3) is 3.03. The summed E-state index contributed by atoms with van der Waals surface area (Å²) in [6, 6.07) is 16.2. The third-order valence-electron chi connectivity index (χ3n) is 3.85. The highest BCUT2D eigenvalue weighted by Crippen LogP contribution is 2.32. The summed E-state index contributed by atoms with van der Waals surface area (Å²) < 4.78 is 1.17. The largest absolute Gasteiger partial charge is 0.360 e. The van der Waals surface area contributed by atoms with Crippen LogP contribution < -0.4 is 5.32 Å². The number of hydrogen-bond donors (Lipinski definition) is 2. The van der Waals surface area contributed by atoms with E-state index < -0.39 is 0 Å². The van der Waals surface area contributed by atoms with Crippen LogP contribution in [0.1, 0.15) is 11.4 Å². The number of aryl methyl sites for hydroxylation is 1. The van der Waals surface area contributed by atoms with Gasteiger partial charge in [-0.3, -0.25) is 0 Å². The van der Waals surface area contributed by atoms with Gasteiger partial charge in [-0.1, -0.05) is 12.1 Å². The van der Waals surface area contributed by atoms with Crippen LogP contribution in [0.5, 0.6) is 0 Å². The van der Waals surface area contributed by atoms with Gasteiger partial charge < -0.3 is 5.32 Å². The number of thiazole rings is 1. The van der Waals surface area contributed by atoms with Crippen molar-refractivity contribution in [2.45, 2.75) is 6.92 Å². The maximum Gasteiger partial charge on any atom is 0.216 e. The van der Waals surface area contributed by atoms with Gasteiger partial charge >= 0.3 is 0 Å². The minimum Gasteiger partial charge on any atom is -0.360 e. The molecule has 0 aliphatic rings. The molecule has 0 fully saturated rings. The van der Waals surface area contributed by atoms with Crippen molar-refractivity contribution in [3.8, 4) is 16.6 Å². The molecule has 2 heterocycles. The van der Waals surface area contributed by atoms with E-state index in [1.54, 1.807) is 17.5 Å². The molecule has 2 aromatic heterocycles. The van der Waals surface area contributed by atoms with Crippen LogP contribution in [0, 0.1) is 18.3 Å². The van der Waals surface area contributed by atoms with Crippen LogP contribution in [0.4, 0.5) is 5.69 Å². The van der Waals surface area contributed by atoms with Crippen molar-refractivity contribution in [3.05, 3.63) is 60.1 Å². The molecule has 0 saturated heterocycles. The molecule has 8 heteroatoms. The Hall–Kier alpha value is -3.57. The number of tetrazole rings is 1. The monoisotopic (exact) mass is 359 g/mol. The van der Waals surface area contributed by atoms with Crippen molar-refractivity contribution in [1.29, 1.82) is 5.26 Å². The first-order valence-electron chi connectivity index (χ1n) is 7.82. The second-order valence-electron chi connectivity index (χ2n) is 5.57. The number of H-pyrrole nitrogens is 1. The summed E-state index contributed by atoms with van der Waals surface area (Å²) >= 11 is 1.67. The van der Waals surface area contributed by atoms with Crippen LogP contribution in [0.2, 0.25) is 0 Å². The lowest BCUT2D eigenvalue weighted by Gasteiger charge is -2.07. The molecule has 0 radical (unpaired) electrons. The molecule has 0 unspecified atom stereocenters. The molecular weight excluding hydrogens is 346 g/mol. The molecule has 0 aliphatic heterocycles. The summed E-state index contributed by atoms with van der Waals surface area (Å²) in [7, 11) is 0. The number of fused-ring (bicyclic) bond motifs is 1. The second-order valence-corrected chi connectivity index (χ2v) is 6.60. The van der Waals surface area contributed by atoms with Gasteiger partial charge in [0.2, 0.25) is 5.82 Å². The molecule has 26 heavy (non-hydrogen) atoms. The van der Waals surface area contributed by atoms with Gasteiger partial charge in [-0.05, 0) is 48.0 Å². The molecule has 4 rings (SSSR count). The van der Waals surface area contributed by atoms with Gasteiger partial charge in [0.1, 0.15) is 16.6 Å². The minimum atomic E-state index is 0.253. The summed E-state index contributed by atoms with van der Waals surface area (Å²) in [5.41, 5.74) is 4.31. The zero-order valence-electron chi connectivity index (χ0n) is 13.8. The number of rotatable bonds is 4. The van der Waals surface area contributed by atoms with Crippen molar-refractivity contribution in [2.24, 2.45) is 0 Å². The Labute approximate surface area is 153 Å². The number of allylic oxidation sites excluding steroid dienone is 1. The number of nitrogens with one attached hydrogen (secondary N) is 2. The van der Waals surface area contributed by atoms with Gasteiger partial charge in [0.25, 0.3) is 0 Å². The quantitative estimate of drug-likeness (QED) is 0.538. The van der Waals surface area contributed by atoms with E-state index in [1.165, 1.54) is 4.70 Å². The van der Waals surface area contributed by atoms with Crippen molar-refractivity contribution in [2.75, 3.05) is 5.32 Å². The fourth-order valence-corrected chi connectivity index (χ4v) is 3.49. The van der Waals surface area contributed by atoms with E-state index in [9.17, 15) is 5.26 Å². The maximum absolute atomic E-state index is 9.22. The SMILES string of the molecule is Cc1cc(-c2nc3ccccc3s2)ccc1NC=C(C#N)c1nn[nH]n1. The van der Waals surface area contributed by atoms with E-state index >= 15 is 0 Å². The summed E-state index contributed by atoms with van der Waals surface area (Å²) in [5, 5.41) is 26.8. The number of aromatic nitrogens is 5. The highest BCUT2D eigenvalue weighted by Gasteiger charge is 2.09. The van der Waals surface area contributed by atoms with Crippen LogP contribution in [-0.2, 0) is 0 Å². The number of benzene rings is 2. The molecule has 2 N–H and O–H groups in total. The Morgan fingerprint density at radius 2 is 2.15 bits per heavy atom. The summed E-state index contributed by atoms with van der Waals surface area (Å²) in [6.07, 6.45) is 1.57. The summed E-state index contributed by atoms with van der Waals surface area (Å²) in [4.78, 5) is 4.69. The summed E-state index contributed by atoms with van der Waals surface area (Å²) in [5.74, 6) is 0.253. The molecule has 0 spiro atoms. The predicted molar refractivity (Wildman–Crippen MR) is 101 cm³/mol. The topological polar surface area (TPSA) is 103 Å². The first-order valence-corrected chi connectivity index (χ1v) is 8.63. The zero-order valence-corrected chi connectivity index (χ0v) is 14.6. The third-order valence-corrected chi connectivity index (χ3v) is 4.93. The molecular formula is C18H13N7S. The molecule has 0 aliphatic carbocycles. The van der Waals surface area contributed by atoms with Crippen molar-refractivity contribution >= 4 is 32.8 Å². The minimum absolute atomic E-state index is 0.253. The van der Waals surface area contributed by atoms with Gasteiger partial charge in [-0.15, -0.1) is 21.5 Å². The Morgan fingerprint density at radius 3 is 2.88 bits per heavy atom. The maximum atomic E-state index is 9.22. The van der Waals surface area contributed by atoms with E-state index in [4.69, 9.17) is 4.98 Å². The molecule has 0 atom stereocenters. The Bertz CT molecular complexity index is 1100. The lowest BCUT2D eigenvalue weighted by atomic mass is 10.1. The van der Waals surface area contributed by atoms with Crippen LogP contribution >= 0.6 is 11.3 Å². The molecule has 2 aromatic carbocycles. The first-order chi connectivity index (χ1) is 12.7. The number of para-hydroxylation sites is 1. The number of aromatic amines is 1. The molecule has 7 nitrogen and oxygen atoms in total. The van der Waals surface area contributed by atoms with Crippen LogP contribution in [0.15, 0.2) is 48.7 Å². The smallest absolute Gasteiger partial charge is 0.216 e. The fourth-order valence-electron chi connectivity index (χ4n) is 2.53. The highest BCUT2D eigenvalue weighted by molar-refractivity contribution is 7.21. The highest BCUT2D eigenvalue weighted by atomic mass is 32.1. The fraction of sp³-hybridized carbons (Fsp3) is 0.0556. The zero-order chi connectivity index (χ0) is 17.9. The molecule has 0 saturated carbocycles. The van der Waals surface area contributed by atoms with Crippen LogP contribution in [0.25, 0.3) is 26.4 Å². The molecule has 126 valence electrons. The molecule has 0 bridgehead atoms. The number of anilines is 1. The lowest BCUT2D eigenvalue weighted by Crippen LogP contribution is -1.95. The summed E-state index contributed by atoms with van der Waals surface area (Å²) in [6.45, 7) is 2.01. The lowest BCUT2D eigenvalue weighted by molar-refractivity contribution is 0.881. The van der Waals surface area contributed by atoms with Gasteiger partial charge in [0.05, 0.1) is 10.2 Å². The van der Waals surface area contributed by atoms with Gasteiger partial charge in [0, 0.05) is 17.5 Å². The Balaban J connectivity index is 1.61. The standard InChI is InChI=1S/C18H13N7S/c1-11-8-12(18-21-15-4-2-3-5-16(15)26-18)6-7-14(11)20-10-13(9-19)17-22-24-25-23-17/h2-8,10,20H,1H3,(H,22,23,24,25). The first kappa shape index (κ1) is 15.9. The van der Waals surface area contributed by atoms with E-state index in [0.29, 0.717) is 5.57 Å². The van der Waals surface area contributed by atoms with Gasteiger partial charge in [0.15, 0.2) is 0 Å². The Kier molecular flexibility index (Phi) is 4.13. The second kappa shape index (κ2) is 6.74. The average Bonchev–Trinajstić information content (AvgIpc) is 3.33. The van der Waals surface area contributed by atoms with Crippen LogP contribution in [0.3, 0.4) is 0 Å². The predicted octanol–water partition coefficient (Wildman–Crippen LogP) is 3.76. The number of nitrogens with zero attached hydrogens (tertiary/aromatic N) is 5. The normalized spacial score (nSPS) is 11.5. The number of hydrogen-bond acceptors (Lipinski definition) is 7. The molecule has 0 amide bonds. The van der Waals surface area contributed by atoms with Crippen molar-refractivity contribution in [1.82, 2.24) is 25.6 Å². The Morgan fingerprint density at radius 1 is 1.27 bits per heavy atom. The van der Waals surface area contributed by atoms with E-state index in [1.807, 2.05) is 37.3 Å². The van der Waals surface area contributed by atoms with Crippen molar-refractivity contribution < 1.29 is 0 Å². The molecule has 4 aromatic rings. The van der Waals surface area contributed by atoms with Gasteiger partial charge in [-0.25, -0.2) is 4.98 Å².